The molecule has 1 aromatic carbocycles. The Morgan fingerprint density at radius 3 is 2.42 bits per heavy atom. The molecule has 16 nitrogen and oxygen atoms in total. The third-order valence-electron chi connectivity index (χ3n) is 12.6. The maximum absolute atomic E-state index is 16.8. The van der Waals surface area contributed by atoms with E-state index in [9.17, 15) is 24.3 Å². The first-order valence-electron chi connectivity index (χ1n) is 20.6. The SMILES string of the molecule is CC[C@H]1OC(=O)[C@@](C)(F)C(=O)[C@H](C)[C@@H](O[C@@H]2OC(C)CC(N(C)C)C2O)[C@](C)(OC)C[C@@H](C)C(=O)C[C@H]2N(CCCCn3cc(-c4cccc(N)c4)nn3)C(=O)O[C@]12C. The molecule has 3 unspecified atom stereocenters. The normalized spacial score (nSPS) is 36.3. The van der Waals surface area contributed by atoms with Crippen LogP contribution in [-0.2, 0) is 44.6 Å². The van der Waals surface area contributed by atoms with Crippen molar-refractivity contribution >= 4 is 29.3 Å². The van der Waals surface area contributed by atoms with Gasteiger partial charge in [-0.3, -0.25) is 14.3 Å². The number of aliphatic hydroxyl groups is 1. The van der Waals surface area contributed by atoms with Crippen molar-refractivity contribution in [1.29, 1.82) is 0 Å². The number of aliphatic hydroxyl groups excluding tert-OH is 1. The predicted molar refractivity (Wildman–Crippen MR) is 214 cm³/mol. The molecule has 3 aliphatic heterocycles. The summed E-state index contributed by atoms with van der Waals surface area (Å²) in [5, 5.41) is 19.9. The fourth-order valence-corrected chi connectivity index (χ4v) is 8.92. The first-order valence-corrected chi connectivity index (χ1v) is 20.6. The van der Waals surface area contributed by atoms with Crippen LogP contribution in [0.1, 0.15) is 87.0 Å². The minimum absolute atomic E-state index is 0.00153. The summed E-state index contributed by atoms with van der Waals surface area (Å²) < 4.78 is 48.9. The summed E-state index contributed by atoms with van der Waals surface area (Å²) in [5.41, 5.74) is 1.84. The second-order valence-electron chi connectivity index (χ2n) is 17.3. The van der Waals surface area contributed by atoms with Gasteiger partial charge in [0.1, 0.15) is 23.7 Å². The number of rotatable bonds is 11. The van der Waals surface area contributed by atoms with E-state index in [1.165, 1.54) is 18.9 Å². The average Bonchev–Trinajstić information content (AvgIpc) is 3.75. The summed E-state index contributed by atoms with van der Waals surface area (Å²) >= 11 is 0. The first-order chi connectivity index (χ1) is 27.7. The highest BCUT2D eigenvalue weighted by Crippen LogP contribution is 2.42. The van der Waals surface area contributed by atoms with Crippen molar-refractivity contribution in [3.63, 3.8) is 0 Å². The number of ketones is 2. The Morgan fingerprint density at radius 1 is 1.08 bits per heavy atom. The van der Waals surface area contributed by atoms with E-state index in [0.717, 1.165) is 12.5 Å². The predicted octanol–water partition coefficient (Wildman–Crippen LogP) is 4.36. The van der Waals surface area contributed by atoms with Crippen molar-refractivity contribution in [1.82, 2.24) is 24.8 Å². The van der Waals surface area contributed by atoms with E-state index in [1.807, 2.05) is 50.3 Å². The standard InChI is InChI=1S/C42H63FN6O10/c1-11-33-42(7)32(49(39(54)59-42)18-13-12-17-48-23-29(45-46-48)27-15-14-16-28(44)20-27)21-31(50)24(2)22-40(5,55-10)36(26(4)35(52)41(6,43)38(53)57-33)58-37-34(51)30(47(8)9)19-25(3)56-37/h14-16,20,23-26,30,32-34,36-37,51H,11-13,17-19,21-22,44H2,1-10H3/t24-,25?,26+,30?,32-,33-,34?,36-,37+,40-,41+,42+/m1/s1. The minimum atomic E-state index is -3.18. The molecule has 2 aromatic rings. The van der Waals surface area contributed by atoms with Crippen LogP contribution >= 0.6 is 0 Å². The van der Waals surface area contributed by atoms with E-state index in [-0.39, 0.29) is 43.7 Å². The number of methoxy groups -OCH3 is 1. The number of carbonyl (C=O) groups is 4. The van der Waals surface area contributed by atoms with Gasteiger partial charge in [-0.15, -0.1) is 5.10 Å². The number of hydrogen-bond donors (Lipinski definition) is 2. The molecule has 17 heteroatoms. The molecule has 3 aliphatic rings. The molecule has 3 saturated heterocycles. The molecule has 3 fully saturated rings. The number of unbranched alkanes of at least 4 members (excludes halogenated alkanes) is 1. The van der Waals surface area contributed by atoms with Gasteiger partial charge in [0.2, 0.25) is 0 Å². The van der Waals surface area contributed by atoms with E-state index in [0.29, 0.717) is 37.2 Å². The molecule has 4 heterocycles. The van der Waals surface area contributed by atoms with Gasteiger partial charge < -0.3 is 44.3 Å². The summed E-state index contributed by atoms with van der Waals surface area (Å²) in [5.74, 6) is -4.95. The number of likely N-dealkylation sites (N-methyl/N-ethyl adjacent to an activating group) is 1. The topological polar surface area (TPSA) is 198 Å². The number of carbonyl (C=O) groups excluding carboxylic acids is 4. The Morgan fingerprint density at radius 2 is 1.78 bits per heavy atom. The summed E-state index contributed by atoms with van der Waals surface area (Å²) in [6.07, 6.45) is -2.68. The smallest absolute Gasteiger partial charge is 0.410 e. The van der Waals surface area contributed by atoms with Gasteiger partial charge in [-0.25, -0.2) is 14.0 Å². The second-order valence-corrected chi connectivity index (χ2v) is 17.3. The number of halogens is 1. The van der Waals surface area contributed by atoms with E-state index >= 15 is 4.39 Å². The van der Waals surface area contributed by atoms with Crippen LogP contribution in [0.2, 0.25) is 0 Å². The van der Waals surface area contributed by atoms with Crippen LogP contribution in [-0.4, -0.2) is 141 Å². The van der Waals surface area contributed by atoms with Crippen molar-refractivity contribution in [3.05, 3.63) is 30.5 Å². The van der Waals surface area contributed by atoms with Crippen molar-refractivity contribution in [3.8, 4) is 11.3 Å². The van der Waals surface area contributed by atoms with Crippen LogP contribution in [0.25, 0.3) is 11.3 Å². The number of aryl methyl sites for hydroxylation is 1. The monoisotopic (exact) mass is 830 g/mol. The van der Waals surface area contributed by atoms with E-state index in [1.54, 1.807) is 38.4 Å². The fourth-order valence-electron chi connectivity index (χ4n) is 8.92. The largest absolute Gasteiger partial charge is 0.455 e. The number of anilines is 1. The Balaban J connectivity index is 1.42. The summed E-state index contributed by atoms with van der Waals surface area (Å²) in [6.45, 7) is 11.4. The zero-order valence-corrected chi connectivity index (χ0v) is 36.1. The number of alkyl halides is 1. The second kappa shape index (κ2) is 18.3. The van der Waals surface area contributed by atoms with Crippen LogP contribution in [0.15, 0.2) is 30.5 Å². The summed E-state index contributed by atoms with van der Waals surface area (Å²) in [7, 11) is 5.03. The van der Waals surface area contributed by atoms with Gasteiger partial charge >= 0.3 is 12.1 Å². The number of aromatic nitrogens is 3. The Hall–Kier alpha value is -4.03. The highest BCUT2D eigenvalue weighted by atomic mass is 19.1. The molecule has 0 aliphatic carbocycles. The molecule has 12 atom stereocenters. The molecule has 5 rings (SSSR count). The van der Waals surface area contributed by atoms with Crippen LogP contribution in [0.4, 0.5) is 14.9 Å². The third-order valence-corrected chi connectivity index (χ3v) is 12.6. The highest BCUT2D eigenvalue weighted by molar-refractivity contribution is 6.08. The summed E-state index contributed by atoms with van der Waals surface area (Å²) in [6, 6.07) is 6.05. The molecule has 0 saturated carbocycles. The zero-order valence-electron chi connectivity index (χ0n) is 36.1. The molecular formula is C42H63FN6O10. The van der Waals surface area contributed by atoms with Crippen molar-refractivity contribution in [2.45, 2.75) is 153 Å². The van der Waals surface area contributed by atoms with Crippen LogP contribution in [0.5, 0.6) is 0 Å². The maximum Gasteiger partial charge on any atom is 0.410 e. The maximum atomic E-state index is 16.8. The van der Waals surface area contributed by atoms with Gasteiger partial charge in [0.15, 0.2) is 17.7 Å². The molecule has 1 amide bonds. The number of Topliss-reactive ketones (excluding diaryl/α,β-unsaturated/α-hetero) is 2. The van der Waals surface area contributed by atoms with Crippen LogP contribution in [0, 0.1) is 11.8 Å². The molecule has 0 spiro atoms. The van der Waals surface area contributed by atoms with E-state index in [4.69, 9.17) is 29.4 Å². The molecule has 1 aromatic heterocycles. The van der Waals surface area contributed by atoms with E-state index in [2.05, 4.69) is 10.3 Å². The van der Waals surface area contributed by atoms with Crippen molar-refractivity contribution < 1.29 is 52.4 Å². The Labute approximate surface area is 346 Å². The first kappa shape index (κ1) is 46.0. The lowest BCUT2D eigenvalue weighted by Crippen LogP contribution is -2.61. The number of cyclic esters (lactones) is 1. The zero-order chi connectivity index (χ0) is 43.6. The van der Waals surface area contributed by atoms with Gasteiger partial charge in [0.25, 0.3) is 5.67 Å². The number of nitrogens with zero attached hydrogens (tertiary/aromatic N) is 5. The number of benzene rings is 1. The van der Waals surface area contributed by atoms with Gasteiger partial charge in [0.05, 0.1) is 30.0 Å². The molecule has 3 N–H and O–H groups in total. The average molecular weight is 831 g/mol. The molecule has 59 heavy (non-hydrogen) atoms. The molecule has 328 valence electrons. The number of hydrogen-bond acceptors (Lipinski definition) is 14. The number of nitrogen functional groups attached to an aromatic ring is 1. The highest BCUT2D eigenvalue weighted by Gasteiger charge is 2.60. The van der Waals surface area contributed by atoms with Gasteiger partial charge in [-0.05, 0) is 86.0 Å². The molecular weight excluding hydrogens is 767 g/mol. The van der Waals surface area contributed by atoms with Crippen LogP contribution < -0.4 is 5.73 Å². The lowest BCUT2D eigenvalue weighted by molar-refractivity contribution is -0.295. The lowest BCUT2D eigenvalue weighted by atomic mass is 9.75. The quantitative estimate of drug-likeness (QED) is 0.140. The number of ether oxygens (including phenoxy) is 5. The molecule has 0 radical (unpaired) electrons. The number of nitrogens with two attached hydrogens (primary N) is 1. The lowest BCUT2D eigenvalue weighted by Gasteiger charge is -2.47. The fraction of sp³-hybridized carbons (Fsp3) is 0.714. The Kier molecular flexibility index (Phi) is 14.3. The van der Waals surface area contributed by atoms with Crippen LogP contribution in [0.3, 0.4) is 0 Å². The number of amides is 1. The summed E-state index contributed by atoms with van der Waals surface area (Å²) in [4.78, 5) is 59.4. The van der Waals surface area contributed by atoms with Gasteiger partial charge in [0, 0.05) is 55.7 Å². The third kappa shape index (κ3) is 9.64. The number of esters is 1. The number of fused-ring (bicyclic) bond motifs is 1. The van der Waals surface area contributed by atoms with Gasteiger partial charge in [-0.1, -0.05) is 38.1 Å². The molecule has 0 bridgehead atoms. The van der Waals surface area contributed by atoms with Crippen molar-refractivity contribution in [2.24, 2.45) is 11.8 Å². The van der Waals surface area contributed by atoms with Crippen molar-refractivity contribution in [2.75, 3.05) is 33.5 Å². The Bertz CT molecular complexity index is 1830. The van der Waals surface area contributed by atoms with E-state index < -0.39 is 77.2 Å². The minimum Gasteiger partial charge on any atom is -0.455 e. The van der Waals surface area contributed by atoms with Gasteiger partial charge in [-0.2, -0.15) is 0 Å².